The molecule has 0 radical (unpaired) electrons. The fraction of sp³-hybridized carbons (Fsp3) is 0.533. The quantitative estimate of drug-likeness (QED) is 0.765. The van der Waals surface area contributed by atoms with Crippen LogP contribution in [0.1, 0.15) is 43.0 Å². The van der Waals surface area contributed by atoms with Crippen molar-refractivity contribution in [3.8, 4) is 11.5 Å². The van der Waals surface area contributed by atoms with E-state index in [4.69, 9.17) is 9.47 Å². The maximum atomic E-state index is 11.1. The number of hydrogen-bond acceptors (Lipinski definition) is 3. The topological polar surface area (TPSA) is 35.5 Å². The first-order valence-corrected chi connectivity index (χ1v) is 6.53. The van der Waals surface area contributed by atoms with E-state index in [9.17, 15) is 4.79 Å². The highest BCUT2D eigenvalue weighted by Crippen LogP contribution is 2.34. The van der Waals surface area contributed by atoms with E-state index in [1.54, 1.807) is 19.2 Å². The Kier molecular flexibility index (Phi) is 4.24. The average Bonchev–Trinajstić information content (AvgIpc) is 2.39. The Balaban J connectivity index is 2.18. The summed E-state index contributed by atoms with van der Waals surface area (Å²) in [5, 5.41) is 0. The lowest BCUT2D eigenvalue weighted by Gasteiger charge is -2.28. The van der Waals surface area contributed by atoms with E-state index in [2.05, 4.69) is 6.92 Å². The third kappa shape index (κ3) is 2.84. The minimum atomic E-state index is 0.198. The van der Waals surface area contributed by atoms with Crippen LogP contribution in [0.4, 0.5) is 0 Å². The predicted molar refractivity (Wildman–Crippen MR) is 70.4 cm³/mol. The Morgan fingerprint density at radius 1 is 1.33 bits per heavy atom. The number of methoxy groups -OCH3 is 1. The number of rotatable bonds is 4. The molecular weight excluding hydrogens is 228 g/mol. The monoisotopic (exact) mass is 248 g/mol. The number of carbonyl (C=O) groups excluding carboxylic acids is 1. The van der Waals surface area contributed by atoms with E-state index in [1.165, 1.54) is 12.8 Å². The van der Waals surface area contributed by atoms with Gasteiger partial charge in [-0.15, -0.1) is 0 Å². The van der Waals surface area contributed by atoms with Gasteiger partial charge in [-0.3, -0.25) is 4.79 Å². The number of hydrogen-bond donors (Lipinski definition) is 0. The van der Waals surface area contributed by atoms with Crippen LogP contribution < -0.4 is 9.47 Å². The van der Waals surface area contributed by atoms with E-state index in [0.29, 0.717) is 23.0 Å². The van der Waals surface area contributed by atoms with Crippen molar-refractivity contribution < 1.29 is 14.3 Å². The molecule has 2 unspecified atom stereocenters. The summed E-state index contributed by atoms with van der Waals surface area (Å²) in [6, 6.07) is 5.39. The second kappa shape index (κ2) is 5.89. The zero-order valence-corrected chi connectivity index (χ0v) is 11.0. The van der Waals surface area contributed by atoms with Gasteiger partial charge in [0.2, 0.25) is 0 Å². The van der Waals surface area contributed by atoms with Crippen molar-refractivity contribution in [2.45, 2.75) is 38.7 Å². The highest BCUT2D eigenvalue weighted by molar-refractivity contribution is 5.81. The van der Waals surface area contributed by atoms with Crippen molar-refractivity contribution in [3.63, 3.8) is 0 Å². The number of benzene rings is 1. The summed E-state index contributed by atoms with van der Waals surface area (Å²) >= 11 is 0. The fourth-order valence-electron chi connectivity index (χ4n) is 2.56. The molecule has 1 saturated carbocycles. The van der Waals surface area contributed by atoms with Gasteiger partial charge in [-0.25, -0.2) is 0 Å². The molecule has 0 heterocycles. The molecule has 1 aliphatic carbocycles. The summed E-state index contributed by atoms with van der Waals surface area (Å²) in [6.45, 7) is 2.25. The van der Waals surface area contributed by atoms with Gasteiger partial charge in [-0.05, 0) is 37.3 Å². The molecule has 2 atom stereocenters. The van der Waals surface area contributed by atoms with Crippen molar-refractivity contribution in [1.29, 1.82) is 0 Å². The molecule has 1 aromatic carbocycles. The largest absolute Gasteiger partial charge is 0.493 e. The third-order valence-electron chi connectivity index (χ3n) is 3.53. The molecule has 0 saturated heterocycles. The molecule has 3 nitrogen and oxygen atoms in total. The van der Waals surface area contributed by atoms with Crippen molar-refractivity contribution in [1.82, 2.24) is 0 Å². The van der Waals surface area contributed by atoms with E-state index >= 15 is 0 Å². The van der Waals surface area contributed by atoms with Crippen LogP contribution in [0.5, 0.6) is 11.5 Å². The van der Waals surface area contributed by atoms with Crippen molar-refractivity contribution >= 4 is 6.29 Å². The lowest BCUT2D eigenvalue weighted by molar-refractivity contribution is 0.109. The summed E-state index contributed by atoms with van der Waals surface area (Å²) in [4.78, 5) is 11.1. The maximum absolute atomic E-state index is 11.1. The summed E-state index contributed by atoms with van der Waals surface area (Å²) in [7, 11) is 1.60. The van der Waals surface area contributed by atoms with Gasteiger partial charge >= 0.3 is 0 Å². The van der Waals surface area contributed by atoms with Crippen LogP contribution in [-0.2, 0) is 0 Å². The summed E-state index contributed by atoms with van der Waals surface area (Å²) < 4.78 is 11.3. The van der Waals surface area contributed by atoms with Crippen LogP contribution >= 0.6 is 0 Å². The van der Waals surface area contributed by atoms with E-state index in [0.717, 1.165) is 19.1 Å². The van der Waals surface area contributed by atoms with E-state index in [-0.39, 0.29) is 6.10 Å². The zero-order valence-electron chi connectivity index (χ0n) is 11.0. The van der Waals surface area contributed by atoms with Crippen molar-refractivity contribution in [3.05, 3.63) is 23.8 Å². The van der Waals surface area contributed by atoms with Crippen LogP contribution in [0.15, 0.2) is 18.2 Å². The number of aldehydes is 1. The molecule has 1 aliphatic rings. The van der Waals surface area contributed by atoms with Crippen LogP contribution in [0, 0.1) is 5.92 Å². The first kappa shape index (κ1) is 12.9. The van der Waals surface area contributed by atoms with Gasteiger partial charge < -0.3 is 9.47 Å². The first-order chi connectivity index (χ1) is 8.74. The van der Waals surface area contributed by atoms with Gasteiger partial charge in [0.05, 0.1) is 18.8 Å². The zero-order chi connectivity index (χ0) is 13.0. The highest BCUT2D eigenvalue weighted by Gasteiger charge is 2.22. The van der Waals surface area contributed by atoms with Gasteiger partial charge in [0.15, 0.2) is 17.8 Å². The molecule has 1 aromatic rings. The smallest absolute Gasteiger partial charge is 0.172 e. The normalized spacial score (nSPS) is 23.4. The second-order valence-electron chi connectivity index (χ2n) is 5.01. The molecule has 3 heteroatoms. The fourth-order valence-corrected chi connectivity index (χ4v) is 2.56. The molecule has 0 aliphatic heterocycles. The Morgan fingerprint density at radius 3 is 2.83 bits per heavy atom. The Morgan fingerprint density at radius 2 is 2.17 bits per heavy atom. The SMILES string of the molecule is COc1cccc(C=O)c1OC1CCCC(C)C1. The Labute approximate surface area is 108 Å². The number of para-hydroxylation sites is 1. The standard InChI is InChI=1S/C15H20O3/c1-11-5-3-7-13(9-11)18-15-12(10-16)6-4-8-14(15)17-2/h4,6,8,10-11,13H,3,5,7,9H2,1-2H3. The van der Waals surface area contributed by atoms with Gasteiger partial charge in [-0.1, -0.05) is 19.4 Å². The molecule has 1 fully saturated rings. The van der Waals surface area contributed by atoms with Gasteiger partial charge in [-0.2, -0.15) is 0 Å². The van der Waals surface area contributed by atoms with Gasteiger partial charge in [0.1, 0.15) is 0 Å². The Bertz CT molecular complexity index is 414. The average molecular weight is 248 g/mol. The van der Waals surface area contributed by atoms with Crippen molar-refractivity contribution in [2.24, 2.45) is 5.92 Å². The van der Waals surface area contributed by atoms with Crippen LogP contribution in [0.2, 0.25) is 0 Å². The minimum absolute atomic E-state index is 0.198. The molecule has 2 rings (SSSR count). The third-order valence-corrected chi connectivity index (χ3v) is 3.53. The van der Waals surface area contributed by atoms with Crippen LogP contribution in [0.3, 0.4) is 0 Å². The number of ether oxygens (including phenoxy) is 2. The molecule has 0 amide bonds. The molecule has 18 heavy (non-hydrogen) atoms. The summed E-state index contributed by atoms with van der Waals surface area (Å²) in [5.41, 5.74) is 0.563. The van der Waals surface area contributed by atoms with Crippen molar-refractivity contribution in [2.75, 3.05) is 7.11 Å². The molecule has 98 valence electrons. The van der Waals surface area contributed by atoms with Gasteiger partial charge in [0.25, 0.3) is 0 Å². The molecular formula is C15H20O3. The molecule has 0 bridgehead atoms. The Hall–Kier alpha value is -1.51. The minimum Gasteiger partial charge on any atom is -0.493 e. The van der Waals surface area contributed by atoms with Crippen LogP contribution in [-0.4, -0.2) is 19.5 Å². The second-order valence-corrected chi connectivity index (χ2v) is 5.01. The number of carbonyl (C=O) groups is 1. The lowest BCUT2D eigenvalue weighted by Crippen LogP contribution is -2.24. The summed E-state index contributed by atoms with van der Waals surface area (Å²) in [5.74, 6) is 1.92. The maximum Gasteiger partial charge on any atom is 0.172 e. The molecule has 0 N–H and O–H groups in total. The predicted octanol–water partition coefficient (Wildman–Crippen LogP) is 3.47. The molecule has 0 aromatic heterocycles. The molecule has 0 spiro atoms. The van der Waals surface area contributed by atoms with Crippen LogP contribution in [0.25, 0.3) is 0 Å². The van der Waals surface area contributed by atoms with Gasteiger partial charge in [0, 0.05) is 0 Å². The first-order valence-electron chi connectivity index (χ1n) is 6.53. The van der Waals surface area contributed by atoms with E-state index in [1.807, 2.05) is 6.07 Å². The van der Waals surface area contributed by atoms with E-state index < -0.39 is 0 Å². The highest BCUT2D eigenvalue weighted by atomic mass is 16.5. The lowest BCUT2D eigenvalue weighted by atomic mass is 9.88. The summed E-state index contributed by atoms with van der Waals surface area (Å²) in [6.07, 6.45) is 5.59.